The number of aliphatic hydroxyl groups excluding tert-OH is 11. The fourth-order valence-electron chi connectivity index (χ4n) is 12.7. The lowest BCUT2D eigenvalue weighted by Gasteiger charge is -2.48. The molecule has 0 aromatic heterocycles. The first kappa shape index (κ1) is 91.7. The molecule has 19 heteroatoms. The number of rotatable bonds is 61. The van der Waals surface area contributed by atoms with Crippen LogP contribution in [0.25, 0.3) is 0 Å². The van der Waals surface area contributed by atoms with Crippen molar-refractivity contribution in [2.24, 2.45) is 0 Å². The molecule has 17 unspecified atom stereocenters. The van der Waals surface area contributed by atoms with Crippen LogP contribution in [0.4, 0.5) is 0 Å². The molecule has 0 bridgehead atoms. The van der Waals surface area contributed by atoms with Crippen LogP contribution in [0.1, 0.15) is 271 Å². The third kappa shape index (κ3) is 41.8. The number of carbonyl (C=O) groups is 1. The summed E-state index contributed by atoms with van der Waals surface area (Å²) in [7, 11) is 0. The van der Waals surface area contributed by atoms with Gasteiger partial charge in [0.1, 0.15) is 73.2 Å². The first-order valence-corrected chi connectivity index (χ1v) is 39.6. The SMILES string of the molecule is CC/C=C\C/C=C\C/C=C\C/C=C\C/C=C\C/C=C\C/C=C\CCCCCCCCCCCC(=O)NC(COC1OC(CO)C(OC2OC(CO)C(OC3OC(CO)C(O)C(O)C3O)C(O)C2O)C(O)C1O)C(O)/C=C/CC/C=C/CCCCCCCCCCCCCCCCCCCCC. The molecule has 0 spiro atoms. The fourth-order valence-corrected chi connectivity index (χ4v) is 12.7. The Bertz CT molecular complexity index is 2250. The largest absolute Gasteiger partial charge is 0.394 e. The Labute approximate surface area is 608 Å². The molecule has 12 N–H and O–H groups in total. The van der Waals surface area contributed by atoms with Crippen molar-refractivity contribution in [1.82, 2.24) is 5.32 Å². The van der Waals surface area contributed by atoms with E-state index in [9.17, 15) is 61.0 Å². The zero-order chi connectivity index (χ0) is 73.2. The van der Waals surface area contributed by atoms with Gasteiger partial charge >= 0.3 is 0 Å². The summed E-state index contributed by atoms with van der Waals surface area (Å²) in [6, 6.07) is -1.00. The number of amides is 1. The minimum atomic E-state index is -1.99. The smallest absolute Gasteiger partial charge is 0.220 e. The van der Waals surface area contributed by atoms with E-state index in [-0.39, 0.29) is 18.9 Å². The van der Waals surface area contributed by atoms with Gasteiger partial charge in [-0.15, -0.1) is 0 Å². The molecule has 0 saturated carbocycles. The number of ether oxygens (including phenoxy) is 6. The molecule has 0 aromatic rings. The van der Waals surface area contributed by atoms with Gasteiger partial charge in [-0.1, -0.05) is 284 Å². The maximum Gasteiger partial charge on any atom is 0.220 e. The number of aliphatic hydroxyl groups is 11. The molecule has 3 fully saturated rings. The summed E-state index contributed by atoms with van der Waals surface area (Å²) in [6.07, 6.45) is 57.8. The number of nitrogens with one attached hydrogen (secondary N) is 1. The van der Waals surface area contributed by atoms with Gasteiger partial charge in [0.05, 0.1) is 38.6 Å². The molecule has 3 aliphatic heterocycles. The summed E-state index contributed by atoms with van der Waals surface area (Å²) in [6.45, 7) is 1.61. The minimum Gasteiger partial charge on any atom is -0.394 e. The molecule has 3 aliphatic rings. The summed E-state index contributed by atoms with van der Waals surface area (Å²) in [5.41, 5.74) is 0. The molecule has 19 nitrogen and oxygen atoms in total. The van der Waals surface area contributed by atoms with Gasteiger partial charge in [-0.05, 0) is 89.9 Å². The molecular weight excluding hydrogens is 1290 g/mol. The van der Waals surface area contributed by atoms with E-state index in [1.165, 1.54) is 141 Å². The number of carbonyl (C=O) groups excluding carboxylic acids is 1. The van der Waals surface area contributed by atoms with Crippen LogP contribution in [-0.4, -0.2) is 193 Å². The van der Waals surface area contributed by atoms with Crippen LogP contribution in [0, 0.1) is 0 Å². The van der Waals surface area contributed by atoms with Crippen LogP contribution >= 0.6 is 0 Å². The first-order chi connectivity index (χ1) is 49.3. The Morgan fingerprint density at radius 2 is 0.693 bits per heavy atom. The van der Waals surface area contributed by atoms with Crippen molar-refractivity contribution in [2.45, 2.75) is 375 Å². The van der Waals surface area contributed by atoms with E-state index < -0.39 is 124 Å². The predicted molar refractivity (Wildman–Crippen MR) is 401 cm³/mol. The minimum absolute atomic E-state index is 0.221. The summed E-state index contributed by atoms with van der Waals surface area (Å²) in [4.78, 5) is 13.5. The van der Waals surface area contributed by atoms with Crippen LogP contribution < -0.4 is 5.32 Å². The molecule has 1 amide bonds. The summed E-state index contributed by atoms with van der Waals surface area (Å²) >= 11 is 0. The monoisotopic (exact) mass is 1430 g/mol. The Morgan fingerprint density at radius 3 is 1.11 bits per heavy atom. The van der Waals surface area contributed by atoms with Gasteiger partial charge in [0, 0.05) is 6.42 Å². The van der Waals surface area contributed by atoms with Gasteiger partial charge in [0.2, 0.25) is 5.91 Å². The van der Waals surface area contributed by atoms with Gasteiger partial charge in [0.25, 0.3) is 0 Å². The second kappa shape index (κ2) is 61.6. The van der Waals surface area contributed by atoms with Gasteiger partial charge < -0.3 is 89.9 Å². The normalized spacial score (nSPS) is 26.9. The zero-order valence-electron chi connectivity index (χ0n) is 62.1. The van der Waals surface area contributed by atoms with Gasteiger partial charge in [-0.3, -0.25) is 4.79 Å². The Balaban J connectivity index is 1.40. The maximum atomic E-state index is 13.5. The average molecular weight is 1430 g/mol. The third-order valence-electron chi connectivity index (χ3n) is 19.1. The van der Waals surface area contributed by atoms with E-state index in [2.05, 4.69) is 116 Å². The lowest BCUT2D eigenvalue weighted by atomic mass is 9.96. The van der Waals surface area contributed by atoms with Crippen molar-refractivity contribution in [3.05, 3.63) is 109 Å². The summed E-state index contributed by atoms with van der Waals surface area (Å²) < 4.78 is 34.4. The van der Waals surface area contributed by atoms with Crippen molar-refractivity contribution < 1.29 is 89.4 Å². The molecule has 0 aromatic carbocycles. The van der Waals surface area contributed by atoms with Crippen LogP contribution in [0.5, 0.6) is 0 Å². The molecule has 3 saturated heterocycles. The summed E-state index contributed by atoms with van der Waals surface area (Å²) in [5, 5.41) is 121. The molecule has 582 valence electrons. The van der Waals surface area contributed by atoms with Gasteiger partial charge in [0.15, 0.2) is 18.9 Å². The molecule has 0 aliphatic carbocycles. The van der Waals surface area contributed by atoms with E-state index >= 15 is 0 Å². The Kier molecular flexibility index (Phi) is 55.9. The van der Waals surface area contributed by atoms with E-state index in [0.29, 0.717) is 12.8 Å². The Hall–Kier alpha value is -3.55. The number of hydrogen-bond donors (Lipinski definition) is 12. The van der Waals surface area contributed by atoms with Crippen LogP contribution in [0.3, 0.4) is 0 Å². The van der Waals surface area contributed by atoms with Crippen LogP contribution in [-0.2, 0) is 33.2 Å². The van der Waals surface area contributed by atoms with Crippen molar-refractivity contribution in [3.8, 4) is 0 Å². The molecular formula is C82H141NO18. The van der Waals surface area contributed by atoms with Crippen molar-refractivity contribution in [1.29, 1.82) is 0 Å². The summed E-state index contributed by atoms with van der Waals surface area (Å²) in [5.74, 6) is -0.294. The quantitative estimate of drug-likeness (QED) is 0.0199. The van der Waals surface area contributed by atoms with Crippen molar-refractivity contribution in [3.63, 3.8) is 0 Å². The molecule has 3 heterocycles. The van der Waals surface area contributed by atoms with E-state index in [4.69, 9.17) is 28.4 Å². The van der Waals surface area contributed by atoms with E-state index in [0.717, 1.165) is 96.3 Å². The van der Waals surface area contributed by atoms with Crippen LogP contribution in [0.15, 0.2) is 109 Å². The second-order valence-corrected chi connectivity index (χ2v) is 27.8. The molecule has 101 heavy (non-hydrogen) atoms. The number of unbranched alkanes of at least 4 members (excludes halogenated alkanes) is 29. The maximum absolute atomic E-state index is 13.5. The second-order valence-electron chi connectivity index (χ2n) is 27.8. The molecule has 0 radical (unpaired) electrons. The van der Waals surface area contributed by atoms with Crippen molar-refractivity contribution in [2.75, 3.05) is 26.4 Å². The van der Waals surface area contributed by atoms with E-state index in [1.54, 1.807) is 6.08 Å². The predicted octanol–water partition coefficient (Wildman–Crippen LogP) is 12.9. The van der Waals surface area contributed by atoms with Gasteiger partial charge in [-0.25, -0.2) is 0 Å². The highest BCUT2D eigenvalue weighted by atomic mass is 16.8. The standard InChI is InChI=1S/C82H141NO18/c1-3-5-7-9-11-13-15-17-19-21-23-25-27-29-30-31-32-33-34-36-38-40-42-44-46-48-50-52-54-56-58-60-70(88)83-65(66(87)59-57-55-53-51-49-47-45-43-41-39-37-35-28-26-24-22-20-18-16-14-12-10-8-6-4-2)64-96-80-76(94)73(91)78(68(62-85)98-80)101-82-77(95)74(92)79(69(63-86)99-82)100-81-75(93)72(90)71(89)67(61-84)97-81/h5,7,11,13,17,19,23,25,29-30,32-33,36,38,49,51,57,59,65-69,71-82,84-87,89-95H,3-4,6,8-10,12,14-16,18,20-22,24,26-28,31,34-35,37,39-48,50,52-56,58,60-64H2,1-2H3,(H,83,88)/b7-5-,13-11-,19-17-,25-23-,30-29-,33-32-,38-36-,51-49+,59-57+. The first-order valence-electron chi connectivity index (χ1n) is 39.6. The van der Waals surface area contributed by atoms with Crippen molar-refractivity contribution >= 4 is 5.91 Å². The zero-order valence-corrected chi connectivity index (χ0v) is 62.1. The van der Waals surface area contributed by atoms with Crippen LogP contribution in [0.2, 0.25) is 0 Å². The highest BCUT2D eigenvalue weighted by molar-refractivity contribution is 5.76. The lowest BCUT2D eigenvalue weighted by Crippen LogP contribution is -2.66. The Morgan fingerprint density at radius 1 is 0.366 bits per heavy atom. The number of allylic oxidation sites excluding steroid dienone is 17. The topological polar surface area (TPSA) is 307 Å². The molecule has 3 rings (SSSR count). The highest BCUT2D eigenvalue weighted by Crippen LogP contribution is 2.33. The molecule has 17 atom stereocenters. The third-order valence-corrected chi connectivity index (χ3v) is 19.1. The number of hydrogen-bond acceptors (Lipinski definition) is 18. The van der Waals surface area contributed by atoms with E-state index in [1.807, 2.05) is 6.08 Å². The fraction of sp³-hybridized carbons (Fsp3) is 0.768. The van der Waals surface area contributed by atoms with Gasteiger partial charge in [-0.2, -0.15) is 0 Å². The highest BCUT2D eigenvalue weighted by Gasteiger charge is 2.53. The average Bonchev–Trinajstić information content (AvgIpc) is 0.792. The lowest BCUT2D eigenvalue weighted by molar-refractivity contribution is -0.379.